The molecule has 4 nitrogen and oxygen atoms in total. The summed E-state index contributed by atoms with van der Waals surface area (Å²) in [7, 11) is 0. The van der Waals surface area contributed by atoms with Crippen LogP contribution in [0.3, 0.4) is 0 Å². The van der Waals surface area contributed by atoms with Crippen molar-refractivity contribution in [2.24, 2.45) is 5.73 Å². The Morgan fingerprint density at radius 3 is 2.75 bits per heavy atom. The lowest BCUT2D eigenvalue weighted by Crippen LogP contribution is -2.10. The molecule has 1 aromatic heterocycles. The third-order valence-corrected chi connectivity index (χ3v) is 4.20. The van der Waals surface area contributed by atoms with Gasteiger partial charge in [-0.1, -0.05) is 41.6 Å². The largest absolute Gasteiger partial charge is 0.384 e. The molecule has 0 saturated carbocycles. The van der Waals surface area contributed by atoms with Gasteiger partial charge in [-0.3, -0.25) is 5.41 Å². The molecule has 0 aliphatic carbocycles. The fraction of sp³-hybridized carbons (Fsp3) is 0. The van der Waals surface area contributed by atoms with Crippen molar-refractivity contribution < 1.29 is 0 Å². The Kier molecular flexibility index (Phi) is 3.38. The number of nitrogen functional groups attached to an aromatic ring is 1. The van der Waals surface area contributed by atoms with Crippen molar-refractivity contribution >= 4 is 40.2 Å². The van der Waals surface area contributed by atoms with Crippen LogP contribution in [-0.2, 0) is 0 Å². The van der Waals surface area contributed by atoms with Crippen molar-refractivity contribution in [3.8, 4) is 0 Å². The van der Waals surface area contributed by atoms with E-state index < -0.39 is 0 Å². The monoisotopic (exact) mass is 302 g/mol. The minimum absolute atomic E-state index is 0.00665. The average molecular weight is 303 g/mol. The van der Waals surface area contributed by atoms with E-state index in [-0.39, 0.29) is 5.84 Å². The highest BCUT2D eigenvalue weighted by Gasteiger charge is 2.08. The molecule has 20 heavy (non-hydrogen) atoms. The highest BCUT2D eigenvalue weighted by Crippen LogP contribution is 2.33. The van der Waals surface area contributed by atoms with Gasteiger partial charge in [-0.05, 0) is 24.3 Å². The summed E-state index contributed by atoms with van der Waals surface area (Å²) in [5, 5.41) is 8.73. The molecule has 0 aliphatic rings. The van der Waals surface area contributed by atoms with Crippen LogP contribution in [0.25, 0.3) is 11.0 Å². The summed E-state index contributed by atoms with van der Waals surface area (Å²) >= 11 is 7.66. The topological polar surface area (TPSA) is 78.6 Å². The molecule has 0 radical (unpaired) electrons. The summed E-state index contributed by atoms with van der Waals surface area (Å²) in [5.74, 6) is 0.00665. The van der Waals surface area contributed by atoms with Crippen LogP contribution in [0.5, 0.6) is 0 Å². The summed E-state index contributed by atoms with van der Waals surface area (Å²) in [6.45, 7) is 0. The van der Waals surface area contributed by atoms with Gasteiger partial charge in [0.15, 0.2) is 5.16 Å². The van der Waals surface area contributed by atoms with E-state index in [4.69, 9.17) is 22.7 Å². The number of aromatic amines is 1. The molecule has 0 fully saturated rings. The van der Waals surface area contributed by atoms with Crippen molar-refractivity contribution in [3.05, 3.63) is 53.1 Å². The third-order valence-electron chi connectivity index (χ3n) is 2.82. The van der Waals surface area contributed by atoms with E-state index in [1.165, 1.54) is 11.8 Å². The highest BCUT2D eigenvalue weighted by atomic mass is 35.5. The number of aromatic nitrogens is 2. The number of rotatable bonds is 3. The fourth-order valence-corrected chi connectivity index (χ4v) is 2.94. The van der Waals surface area contributed by atoms with Gasteiger partial charge in [0.25, 0.3) is 0 Å². The Morgan fingerprint density at radius 1 is 1.25 bits per heavy atom. The number of hydrogen-bond acceptors (Lipinski definition) is 3. The number of amidine groups is 1. The van der Waals surface area contributed by atoms with Crippen molar-refractivity contribution in [2.75, 3.05) is 0 Å². The Balaban J connectivity index is 1.92. The number of benzene rings is 2. The molecule has 6 heteroatoms. The number of imidazole rings is 1. The second kappa shape index (κ2) is 5.19. The summed E-state index contributed by atoms with van der Waals surface area (Å²) in [4.78, 5) is 8.59. The lowest BCUT2D eigenvalue weighted by molar-refractivity contribution is 1.08. The zero-order chi connectivity index (χ0) is 14.1. The van der Waals surface area contributed by atoms with Crippen molar-refractivity contribution in [1.29, 1.82) is 5.41 Å². The van der Waals surface area contributed by atoms with E-state index in [1.807, 2.05) is 30.3 Å². The maximum absolute atomic E-state index is 7.39. The Labute approximate surface area is 124 Å². The van der Waals surface area contributed by atoms with E-state index >= 15 is 0 Å². The first-order chi connectivity index (χ1) is 9.63. The van der Waals surface area contributed by atoms with E-state index in [9.17, 15) is 0 Å². The van der Waals surface area contributed by atoms with Gasteiger partial charge in [0, 0.05) is 10.5 Å². The standard InChI is InChI=1S/C14H11ClN4S/c15-9-7-8(13(16)17)5-6-12(9)20-14-18-10-3-1-2-4-11(10)19-14/h1-7H,(H3,16,17)(H,18,19). The Morgan fingerprint density at radius 2 is 2.05 bits per heavy atom. The molecule has 1 heterocycles. The van der Waals surface area contributed by atoms with E-state index in [1.54, 1.807) is 12.1 Å². The molecule has 0 spiro atoms. The first kappa shape index (κ1) is 13.0. The molecular weight excluding hydrogens is 292 g/mol. The highest BCUT2D eigenvalue weighted by molar-refractivity contribution is 7.99. The minimum atomic E-state index is 0.00665. The molecule has 0 bridgehead atoms. The average Bonchev–Trinajstić information content (AvgIpc) is 2.83. The van der Waals surface area contributed by atoms with Crippen LogP contribution in [0, 0.1) is 5.41 Å². The zero-order valence-corrected chi connectivity index (χ0v) is 11.9. The number of hydrogen-bond donors (Lipinski definition) is 3. The predicted octanol–water partition coefficient (Wildman–Crippen LogP) is 3.65. The third kappa shape index (κ3) is 2.50. The van der Waals surface area contributed by atoms with Gasteiger partial charge >= 0.3 is 0 Å². The van der Waals surface area contributed by atoms with Crippen LogP contribution in [0.15, 0.2) is 52.5 Å². The van der Waals surface area contributed by atoms with Gasteiger partial charge in [-0.25, -0.2) is 4.98 Å². The Hall–Kier alpha value is -1.98. The molecule has 3 rings (SSSR count). The number of halogens is 1. The number of fused-ring (bicyclic) bond motifs is 1. The van der Waals surface area contributed by atoms with Gasteiger partial charge < -0.3 is 10.7 Å². The first-order valence-corrected chi connectivity index (χ1v) is 7.09. The van der Waals surface area contributed by atoms with Crippen LogP contribution in [0.1, 0.15) is 5.56 Å². The van der Waals surface area contributed by atoms with Crippen LogP contribution in [-0.4, -0.2) is 15.8 Å². The smallest absolute Gasteiger partial charge is 0.171 e. The van der Waals surface area contributed by atoms with Crippen LogP contribution < -0.4 is 5.73 Å². The maximum atomic E-state index is 7.39. The zero-order valence-electron chi connectivity index (χ0n) is 10.4. The van der Waals surface area contributed by atoms with Crippen molar-refractivity contribution in [2.45, 2.75) is 10.1 Å². The van der Waals surface area contributed by atoms with Crippen molar-refractivity contribution in [3.63, 3.8) is 0 Å². The second-order valence-electron chi connectivity index (χ2n) is 4.22. The van der Waals surface area contributed by atoms with Crippen LogP contribution in [0.2, 0.25) is 5.02 Å². The molecule has 100 valence electrons. The Bertz CT molecular complexity index is 764. The molecule has 0 saturated heterocycles. The van der Waals surface area contributed by atoms with Gasteiger partial charge in [0.05, 0.1) is 16.1 Å². The first-order valence-electron chi connectivity index (χ1n) is 5.90. The number of nitrogens with one attached hydrogen (secondary N) is 2. The molecule has 0 amide bonds. The van der Waals surface area contributed by atoms with E-state index in [0.29, 0.717) is 10.6 Å². The molecule has 2 aromatic carbocycles. The quantitative estimate of drug-likeness (QED) is 0.510. The molecule has 3 aromatic rings. The molecule has 0 aliphatic heterocycles. The molecule has 0 unspecified atom stereocenters. The van der Waals surface area contributed by atoms with Crippen LogP contribution >= 0.6 is 23.4 Å². The fourth-order valence-electron chi connectivity index (χ4n) is 1.83. The van der Waals surface area contributed by atoms with Gasteiger partial charge in [0.2, 0.25) is 0 Å². The summed E-state index contributed by atoms with van der Waals surface area (Å²) in [5.41, 5.74) is 7.97. The normalized spacial score (nSPS) is 10.8. The molecular formula is C14H11ClN4S. The summed E-state index contributed by atoms with van der Waals surface area (Å²) < 4.78 is 0. The summed E-state index contributed by atoms with van der Waals surface area (Å²) in [6, 6.07) is 13.2. The minimum Gasteiger partial charge on any atom is -0.384 e. The van der Waals surface area contributed by atoms with Gasteiger partial charge in [-0.2, -0.15) is 0 Å². The second-order valence-corrected chi connectivity index (χ2v) is 5.66. The van der Waals surface area contributed by atoms with E-state index in [0.717, 1.165) is 21.1 Å². The summed E-state index contributed by atoms with van der Waals surface area (Å²) in [6.07, 6.45) is 0. The SMILES string of the molecule is N=C(N)c1ccc(Sc2nc3ccccc3[nH]2)c(Cl)c1. The lowest BCUT2D eigenvalue weighted by atomic mass is 10.2. The number of nitrogens with two attached hydrogens (primary N) is 1. The number of nitrogens with zero attached hydrogens (tertiary/aromatic N) is 1. The van der Waals surface area contributed by atoms with Crippen LogP contribution in [0.4, 0.5) is 0 Å². The van der Waals surface area contributed by atoms with Crippen molar-refractivity contribution in [1.82, 2.24) is 9.97 Å². The van der Waals surface area contributed by atoms with Gasteiger partial charge in [0.1, 0.15) is 5.84 Å². The molecule has 4 N–H and O–H groups in total. The predicted molar refractivity (Wildman–Crippen MR) is 82.7 cm³/mol. The number of H-pyrrole nitrogens is 1. The van der Waals surface area contributed by atoms with E-state index in [2.05, 4.69) is 9.97 Å². The molecule has 0 atom stereocenters. The maximum Gasteiger partial charge on any atom is 0.171 e. The number of para-hydroxylation sites is 2. The van der Waals surface area contributed by atoms with Gasteiger partial charge in [-0.15, -0.1) is 0 Å². The lowest BCUT2D eigenvalue weighted by Gasteiger charge is -2.04.